The van der Waals surface area contributed by atoms with Crippen molar-refractivity contribution in [3.63, 3.8) is 0 Å². The van der Waals surface area contributed by atoms with Crippen LogP contribution in [0.5, 0.6) is 0 Å². The second-order valence-corrected chi connectivity index (χ2v) is 7.85. The van der Waals surface area contributed by atoms with Crippen LogP contribution in [0.15, 0.2) is 39.5 Å². The Kier molecular flexibility index (Phi) is 8.22. The Bertz CT molecular complexity index is 535. The van der Waals surface area contributed by atoms with Gasteiger partial charge >= 0.3 is 142 Å². The summed E-state index contributed by atoms with van der Waals surface area (Å²) in [5, 5.41) is 0. The Labute approximate surface area is 142 Å². The number of rotatable bonds is 7. The molecule has 0 heterocycles. The molecule has 1 aromatic carbocycles. The summed E-state index contributed by atoms with van der Waals surface area (Å²) in [6.45, 7) is 7.88. The van der Waals surface area contributed by atoms with E-state index in [0.717, 1.165) is 3.61 Å². The van der Waals surface area contributed by atoms with Gasteiger partial charge in [-0.25, -0.2) is 0 Å². The molecular weight excluding hydrogens is 396 g/mol. The minimum absolute atomic E-state index is 0.0905. The van der Waals surface area contributed by atoms with Crippen LogP contribution in [-0.4, -0.2) is 46.1 Å². The van der Waals surface area contributed by atoms with Gasteiger partial charge in [-0.05, 0) is 0 Å². The number of carbonyl (C=O) groups is 2. The van der Waals surface area contributed by atoms with Gasteiger partial charge in [-0.1, -0.05) is 0 Å². The van der Waals surface area contributed by atoms with E-state index in [9.17, 15) is 9.59 Å². The standard InChI is InChI=1S/C17H22O4Te/c1-5-20-16(18)14(12(3)4)15(17(19)21-6-2)22-13-10-8-7-9-11-13/h7-12H,5-6H2,1-4H3/b15-14+. The normalized spacial score (nSPS) is 11.9. The first kappa shape index (κ1) is 18.7. The van der Waals surface area contributed by atoms with Crippen molar-refractivity contribution in [3.8, 4) is 0 Å². The summed E-state index contributed by atoms with van der Waals surface area (Å²) in [6, 6.07) is 9.75. The van der Waals surface area contributed by atoms with Gasteiger partial charge in [0, 0.05) is 0 Å². The SMILES string of the molecule is CCOC(=O)/C([Te]c1ccccc1)=C(\C(=O)OCC)C(C)C. The molecule has 0 aliphatic carbocycles. The molecule has 5 heteroatoms. The number of hydrogen-bond donors (Lipinski definition) is 0. The zero-order valence-electron chi connectivity index (χ0n) is 13.4. The fraction of sp³-hybridized carbons (Fsp3) is 0.412. The fourth-order valence-electron chi connectivity index (χ4n) is 1.81. The quantitative estimate of drug-likeness (QED) is 0.387. The fourth-order valence-corrected chi connectivity index (χ4v) is 4.95. The predicted octanol–water partition coefficient (Wildman–Crippen LogP) is 2.05. The third kappa shape index (κ3) is 5.47. The van der Waals surface area contributed by atoms with Crippen molar-refractivity contribution in [2.24, 2.45) is 5.92 Å². The van der Waals surface area contributed by atoms with E-state index < -0.39 is 32.9 Å². The van der Waals surface area contributed by atoms with Crippen LogP contribution in [0.3, 0.4) is 0 Å². The summed E-state index contributed by atoms with van der Waals surface area (Å²) in [5.41, 5.74) is 0.451. The maximum atomic E-state index is 12.3. The maximum absolute atomic E-state index is 12.3. The van der Waals surface area contributed by atoms with Gasteiger partial charge in [-0.3, -0.25) is 0 Å². The molecule has 0 saturated carbocycles. The van der Waals surface area contributed by atoms with Gasteiger partial charge in [0.15, 0.2) is 0 Å². The number of ether oxygens (including phenoxy) is 2. The molecule has 0 spiro atoms. The third-order valence-corrected chi connectivity index (χ3v) is 5.88. The Balaban J connectivity index is 3.27. The third-order valence-electron chi connectivity index (χ3n) is 2.74. The average molecular weight is 418 g/mol. The molecule has 22 heavy (non-hydrogen) atoms. The molecule has 0 aliphatic heterocycles. The molecule has 0 unspecified atom stereocenters. The van der Waals surface area contributed by atoms with Crippen LogP contribution in [0.1, 0.15) is 27.7 Å². The molecule has 0 atom stereocenters. The molecule has 0 saturated heterocycles. The summed E-state index contributed by atoms with van der Waals surface area (Å²) in [4.78, 5) is 24.6. The summed E-state index contributed by atoms with van der Waals surface area (Å²) in [5.74, 6) is -0.903. The first-order valence-electron chi connectivity index (χ1n) is 7.32. The Morgan fingerprint density at radius 1 is 1.00 bits per heavy atom. The Hall–Kier alpha value is -1.31. The molecule has 0 fully saturated rings. The zero-order chi connectivity index (χ0) is 16.5. The van der Waals surface area contributed by atoms with Crippen molar-refractivity contribution in [1.82, 2.24) is 0 Å². The molecule has 0 amide bonds. The molecule has 1 aromatic rings. The van der Waals surface area contributed by atoms with Gasteiger partial charge in [0.05, 0.1) is 0 Å². The Morgan fingerprint density at radius 3 is 2.05 bits per heavy atom. The van der Waals surface area contributed by atoms with Gasteiger partial charge < -0.3 is 0 Å². The van der Waals surface area contributed by atoms with Crippen LogP contribution in [0.25, 0.3) is 0 Å². The van der Waals surface area contributed by atoms with E-state index in [-0.39, 0.29) is 19.1 Å². The van der Waals surface area contributed by atoms with Crippen LogP contribution >= 0.6 is 0 Å². The van der Waals surface area contributed by atoms with E-state index in [4.69, 9.17) is 9.47 Å². The molecule has 0 bridgehead atoms. The van der Waals surface area contributed by atoms with Crippen molar-refractivity contribution in [3.05, 3.63) is 39.5 Å². The molecule has 0 radical (unpaired) electrons. The molecule has 4 nitrogen and oxygen atoms in total. The molecule has 1 rings (SSSR count). The monoisotopic (exact) mass is 420 g/mol. The van der Waals surface area contributed by atoms with E-state index in [0.29, 0.717) is 9.19 Å². The van der Waals surface area contributed by atoms with Crippen molar-refractivity contribution >= 4 is 36.5 Å². The van der Waals surface area contributed by atoms with E-state index >= 15 is 0 Å². The first-order valence-corrected chi connectivity index (χ1v) is 9.65. The van der Waals surface area contributed by atoms with Gasteiger partial charge in [-0.15, -0.1) is 0 Å². The Morgan fingerprint density at radius 2 is 1.55 bits per heavy atom. The first-order chi connectivity index (χ1) is 10.5. The van der Waals surface area contributed by atoms with Gasteiger partial charge in [-0.2, -0.15) is 0 Å². The second-order valence-electron chi connectivity index (χ2n) is 4.75. The van der Waals surface area contributed by atoms with Crippen LogP contribution < -0.4 is 3.61 Å². The predicted molar refractivity (Wildman–Crippen MR) is 87.0 cm³/mol. The summed E-state index contributed by atoms with van der Waals surface area (Å²) >= 11 is -1.02. The molecule has 0 aliphatic rings. The van der Waals surface area contributed by atoms with Crippen molar-refractivity contribution in [1.29, 1.82) is 0 Å². The van der Waals surface area contributed by atoms with Crippen molar-refractivity contribution < 1.29 is 19.1 Å². The van der Waals surface area contributed by atoms with Crippen molar-refractivity contribution in [2.75, 3.05) is 13.2 Å². The van der Waals surface area contributed by atoms with Crippen LogP contribution in [0.2, 0.25) is 0 Å². The van der Waals surface area contributed by atoms with E-state index in [1.807, 2.05) is 44.2 Å². The van der Waals surface area contributed by atoms with Gasteiger partial charge in [0.25, 0.3) is 0 Å². The summed E-state index contributed by atoms with van der Waals surface area (Å²) < 4.78 is 11.9. The van der Waals surface area contributed by atoms with Crippen LogP contribution in [-0.2, 0) is 19.1 Å². The zero-order valence-corrected chi connectivity index (χ0v) is 15.7. The molecular formula is C17H22O4Te. The molecule has 0 aromatic heterocycles. The average Bonchev–Trinajstić information content (AvgIpc) is 2.47. The summed E-state index contributed by atoms with van der Waals surface area (Å²) in [7, 11) is 0. The van der Waals surface area contributed by atoms with Crippen LogP contribution in [0.4, 0.5) is 0 Å². The van der Waals surface area contributed by atoms with Crippen LogP contribution in [0, 0.1) is 5.92 Å². The minimum atomic E-state index is -1.02. The molecule has 120 valence electrons. The summed E-state index contributed by atoms with van der Waals surface area (Å²) in [6.07, 6.45) is 0. The topological polar surface area (TPSA) is 52.6 Å². The van der Waals surface area contributed by atoms with E-state index in [2.05, 4.69) is 0 Å². The number of carbonyl (C=O) groups excluding carboxylic acids is 2. The van der Waals surface area contributed by atoms with Gasteiger partial charge in [0.2, 0.25) is 0 Å². The number of benzene rings is 1. The number of hydrogen-bond acceptors (Lipinski definition) is 4. The molecule has 0 N–H and O–H groups in total. The second kappa shape index (κ2) is 9.66. The van der Waals surface area contributed by atoms with Crippen molar-refractivity contribution in [2.45, 2.75) is 27.7 Å². The van der Waals surface area contributed by atoms with E-state index in [1.165, 1.54) is 0 Å². The number of esters is 2. The van der Waals surface area contributed by atoms with Gasteiger partial charge in [0.1, 0.15) is 0 Å². The van der Waals surface area contributed by atoms with E-state index in [1.54, 1.807) is 13.8 Å².